The zero-order chi connectivity index (χ0) is 14.5. The van der Waals surface area contributed by atoms with Crippen LogP contribution in [-0.4, -0.2) is 29.2 Å². The van der Waals surface area contributed by atoms with Crippen molar-refractivity contribution in [3.05, 3.63) is 35.9 Å². The summed E-state index contributed by atoms with van der Waals surface area (Å²) in [5.74, 6) is 1.32. The Hall–Kier alpha value is -0.830. The minimum Gasteiger partial charge on any atom is -0.342 e. The Labute approximate surface area is 130 Å². The first-order valence-electron chi connectivity index (χ1n) is 7.57. The maximum atomic E-state index is 12.9. The van der Waals surface area contributed by atoms with Crippen molar-refractivity contribution in [2.75, 3.05) is 18.4 Å². The molecule has 3 unspecified atom stereocenters. The summed E-state index contributed by atoms with van der Waals surface area (Å²) in [6, 6.07) is 10.3. The molecule has 1 aliphatic rings. The summed E-state index contributed by atoms with van der Waals surface area (Å²) >= 11 is 3.54. The second-order valence-corrected chi connectivity index (χ2v) is 6.51. The second-order valence-electron chi connectivity index (χ2n) is 5.87. The maximum Gasteiger partial charge on any atom is 0.230 e. The van der Waals surface area contributed by atoms with Crippen LogP contribution in [0.25, 0.3) is 0 Å². The fourth-order valence-electron chi connectivity index (χ4n) is 2.97. The zero-order valence-corrected chi connectivity index (χ0v) is 14.0. The number of carbonyl (C=O) groups is 1. The highest BCUT2D eigenvalue weighted by molar-refractivity contribution is 9.09. The van der Waals surface area contributed by atoms with Gasteiger partial charge in [-0.25, -0.2) is 0 Å². The van der Waals surface area contributed by atoms with E-state index in [1.165, 1.54) is 0 Å². The molecule has 1 aliphatic heterocycles. The van der Waals surface area contributed by atoms with E-state index in [-0.39, 0.29) is 5.92 Å². The molecule has 3 heteroatoms. The van der Waals surface area contributed by atoms with Crippen molar-refractivity contribution in [2.45, 2.75) is 32.6 Å². The van der Waals surface area contributed by atoms with Crippen molar-refractivity contribution in [1.82, 2.24) is 4.90 Å². The van der Waals surface area contributed by atoms with Crippen LogP contribution in [-0.2, 0) is 4.79 Å². The minimum absolute atomic E-state index is 0.00951. The Bertz CT molecular complexity index is 434. The van der Waals surface area contributed by atoms with Crippen LogP contribution in [0.5, 0.6) is 0 Å². The zero-order valence-electron chi connectivity index (χ0n) is 12.4. The van der Waals surface area contributed by atoms with E-state index >= 15 is 0 Å². The van der Waals surface area contributed by atoms with E-state index in [2.05, 4.69) is 46.8 Å². The smallest absolute Gasteiger partial charge is 0.230 e. The maximum absolute atomic E-state index is 12.9. The molecule has 0 spiro atoms. The first-order valence-corrected chi connectivity index (χ1v) is 8.69. The van der Waals surface area contributed by atoms with E-state index in [9.17, 15) is 4.79 Å². The fraction of sp³-hybridized carbons (Fsp3) is 0.588. The topological polar surface area (TPSA) is 20.3 Å². The van der Waals surface area contributed by atoms with Crippen molar-refractivity contribution in [3.63, 3.8) is 0 Å². The Morgan fingerprint density at radius 2 is 2.10 bits per heavy atom. The third kappa shape index (κ3) is 3.43. The van der Waals surface area contributed by atoms with Gasteiger partial charge >= 0.3 is 0 Å². The molecule has 1 amide bonds. The molecule has 0 radical (unpaired) electrons. The monoisotopic (exact) mass is 337 g/mol. The van der Waals surface area contributed by atoms with Crippen molar-refractivity contribution in [1.29, 1.82) is 0 Å². The predicted molar refractivity (Wildman–Crippen MR) is 87.1 cm³/mol. The normalized spacial score (nSPS) is 21.8. The van der Waals surface area contributed by atoms with Crippen molar-refractivity contribution >= 4 is 21.8 Å². The van der Waals surface area contributed by atoms with Gasteiger partial charge in [0.25, 0.3) is 0 Å². The van der Waals surface area contributed by atoms with Crippen LogP contribution in [0.15, 0.2) is 30.3 Å². The van der Waals surface area contributed by atoms with E-state index in [1.54, 1.807) is 0 Å². The molecule has 1 aromatic rings. The Balaban J connectivity index is 2.17. The number of nitrogens with zero attached hydrogens (tertiary/aromatic N) is 1. The van der Waals surface area contributed by atoms with Crippen LogP contribution < -0.4 is 0 Å². The molecule has 0 bridgehead atoms. The molecule has 0 saturated carbocycles. The highest BCUT2D eigenvalue weighted by Crippen LogP contribution is 2.31. The fourth-order valence-corrected chi connectivity index (χ4v) is 3.49. The van der Waals surface area contributed by atoms with Crippen LogP contribution in [0.2, 0.25) is 0 Å². The summed E-state index contributed by atoms with van der Waals surface area (Å²) in [5, 5.41) is 0.996. The number of amides is 1. The Morgan fingerprint density at radius 1 is 1.40 bits per heavy atom. The lowest BCUT2D eigenvalue weighted by molar-refractivity contribution is -0.133. The molecule has 3 atom stereocenters. The van der Waals surface area contributed by atoms with Crippen LogP contribution in [0.1, 0.15) is 38.2 Å². The first kappa shape index (κ1) is 15.6. The molecule has 2 nitrogen and oxygen atoms in total. The number of alkyl halides is 1. The van der Waals surface area contributed by atoms with E-state index < -0.39 is 0 Å². The number of rotatable bonds is 5. The molecule has 0 aromatic heterocycles. The van der Waals surface area contributed by atoms with Crippen LogP contribution in [0, 0.1) is 11.8 Å². The number of hydrogen-bond donors (Lipinski definition) is 0. The molecule has 2 rings (SSSR count). The van der Waals surface area contributed by atoms with Gasteiger partial charge in [-0.1, -0.05) is 66.5 Å². The number of hydrogen-bond acceptors (Lipinski definition) is 1. The van der Waals surface area contributed by atoms with Gasteiger partial charge in [-0.15, -0.1) is 0 Å². The van der Waals surface area contributed by atoms with Gasteiger partial charge in [0.15, 0.2) is 0 Å². The summed E-state index contributed by atoms with van der Waals surface area (Å²) in [6.07, 6.45) is 2.15. The average Bonchev–Trinajstić information content (AvgIpc) is 2.97. The number of benzene rings is 1. The second kappa shape index (κ2) is 7.26. The average molecular weight is 338 g/mol. The third-order valence-electron chi connectivity index (χ3n) is 4.45. The molecule has 20 heavy (non-hydrogen) atoms. The number of carbonyl (C=O) groups excluding carboxylic acids is 1. The lowest BCUT2D eigenvalue weighted by Gasteiger charge is -2.28. The number of halogens is 1. The van der Waals surface area contributed by atoms with Gasteiger partial charge in [0.2, 0.25) is 5.91 Å². The van der Waals surface area contributed by atoms with Crippen molar-refractivity contribution in [2.24, 2.45) is 11.8 Å². The van der Waals surface area contributed by atoms with Gasteiger partial charge in [0.1, 0.15) is 0 Å². The summed E-state index contributed by atoms with van der Waals surface area (Å²) in [7, 11) is 0. The predicted octanol–water partition coefficient (Wildman–Crippen LogP) is 4.06. The standard InChI is InChI=1S/C17H24BrNO/c1-3-13(2)16(15-7-5-4-6-8-15)17(20)19-10-9-14(11-18)12-19/h4-8,13-14,16H,3,9-12H2,1-2H3. The molecule has 0 aliphatic carbocycles. The summed E-state index contributed by atoms with van der Waals surface area (Å²) in [5.41, 5.74) is 1.16. The van der Waals surface area contributed by atoms with Crippen LogP contribution >= 0.6 is 15.9 Å². The molecule has 1 fully saturated rings. The van der Waals surface area contributed by atoms with E-state index in [4.69, 9.17) is 0 Å². The Kier molecular flexibility index (Phi) is 5.64. The molecular formula is C17H24BrNO. The quantitative estimate of drug-likeness (QED) is 0.742. The van der Waals surface area contributed by atoms with Gasteiger partial charge < -0.3 is 4.90 Å². The number of likely N-dealkylation sites (tertiary alicyclic amines) is 1. The third-order valence-corrected chi connectivity index (χ3v) is 5.37. The summed E-state index contributed by atoms with van der Waals surface area (Å²) < 4.78 is 0. The summed E-state index contributed by atoms with van der Waals surface area (Å²) in [4.78, 5) is 15.0. The highest BCUT2D eigenvalue weighted by atomic mass is 79.9. The van der Waals surface area contributed by atoms with Gasteiger partial charge in [-0.2, -0.15) is 0 Å². The SMILES string of the molecule is CCC(C)C(C(=O)N1CCC(CBr)C1)c1ccccc1. The van der Waals surface area contributed by atoms with Crippen molar-refractivity contribution < 1.29 is 4.79 Å². The van der Waals surface area contributed by atoms with E-state index in [0.717, 1.165) is 36.8 Å². The van der Waals surface area contributed by atoms with E-state index in [1.807, 2.05) is 18.2 Å². The molecule has 1 saturated heterocycles. The minimum atomic E-state index is 0.00951. The van der Waals surface area contributed by atoms with Crippen LogP contribution in [0.3, 0.4) is 0 Å². The highest BCUT2D eigenvalue weighted by Gasteiger charge is 2.33. The van der Waals surface area contributed by atoms with E-state index in [0.29, 0.717) is 17.7 Å². The molecule has 1 aromatic carbocycles. The lowest BCUT2D eigenvalue weighted by Crippen LogP contribution is -2.36. The van der Waals surface area contributed by atoms with Gasteiger partial charge in [0.05, 0.1) is 5.92 Å². The lowest BCUT2D eigenvalue weighted by atomic mass is 9.84. The molecule has 0 N–H and O–H groups in total. The largest absolute Gasteiger partial charge is 0.342 e. The first-order chi connectivity index (χ1) is 9.67. The van der Waals surface area contributed by atoms with Gasteiger partial charge in [-0.3, -0.25) is 4.79 Å². The molecule has 1 heterocycles. The Morgan fingerprint density at radius 3 is 2.65 bits per heavy atom. The van der Waals surface area contributed by atoms with Gasteiger partial charge in [0, 0.05) is 18.4 Å². The van der Waals surface area contributed by atoms with Crippen molar-refractivity contribution in [3.8, 4) is 0 Å². The van der Waals surface area contributed by atoms with Gasteiger partial charge in [-0.05, 0) is 23.8 Å². The molecular weight excluding hydrogens is 314 g/mol. The molecule has 110 valence electrons. The van der Waals surface area contributed by atoms with Crippen LogP contribution in [0.4, 0.5) is 0 Å². The summed E-state index contributed by atoms with van der Waals surface area (Å²) in [6.45, 7) is 6.17.